The van der Waals surface area contributed by atoms with Crippen molar-refractivity contribution in [3.63, 3.8) is 0 Å². The molecule has 0 heterocycles. The second kappa shape index (κ2) is 8.53. The average molecular weight is 264 g/mol. The van der Waals surface area contributed by atoms with E-state index in [-0.39, 0.29) is 5.91 Å². The van der Waals surface area contributed by atoms with Gasteiger partial charge in [-0.3, -0.25) is 4.79 Å². The lowest BCUT2D eigenvalue weighted by molar-refractivity contribution is -0.131. The van der Waals surface area contributed by atoms with E-state index >= 15 is 0 Å². The Kier molecular flexibility index (Phi) is 6.97. The van der Waals surface area contributed by atoms with Crippen molar-refractivity contribution in [3.05, 3.63) is 29.8 Å². The molecule has 0 aliphatic carbocycles. The summed E-state index contributed by atoms with van der Waals surface area (Å²) >= 11 is 0. The number of hydrogen-bond acceptors (Lipinski definition) is 3. The van der Waals surface area contributed by atoms with E-state index in [1.54, 1.807) is 0 Å². The normalized spacial score (nSPS) is 10.3. The third-order valence-corrected chi connectivity index (χ3v) is 2.94. The Morgan fingerprint density at radius 2 is 2.21 bits per heavy atom. The highest BCUT2D eigenvalue weighted by atomic mass is 16.5. The third-order valence-electron chi connectivity index (χ3n) is 2.94. The zero-order valence-corrected chi connectivity index (χ0v) is 11.9. The Bertz CT molecular complexity index is 393. The van der Waals surface area contributed by atoms with E-state index in [4.69, 9.17) is 10.5 Å². The van der Waals surface area contributed by atoms with Gasteiger partial charge in [-0.15, -0.1) is 0 Å². The minimum atomic E-state index is 0.128. The van der Waals surface area contributed by atoms with Crippen LogP contribution in [-0.4, -0.2) is 37.0 Å². The monoisotopic (exact) mass is 264 g/mol. The molecule has 4 heteroatoms. The molecule has 106 valence electrons. The van der Waals surface area contributed by atoms with E-state index in [0.717, 1.165) is 30.8 Å². The SMILES string of the molecule is CCN(CCCN)C(=O)CCOc1cccc(C)c1. The van der Waals surface area contributed by atoms with Crippen molar-refractivity contribution < 1.29 is 9.53 Å². The molecule has 1 aromatic rings. The highest BCUT2D eigenvalue weighted by molar-refractivity contribution is 5.76. The summed E-state index contributed by atoms with van der Waals surface area (Å²) in [6, 6.07) is 7.84. The molecule has 0 spiro atoms. The first kappa shape index (κ1) is 15.5. The van der Waals surface area contributed by atoms with Crippen LogP contribution < -0.4 is 10.5 Å². The highest BCUT2D eigenvalue weighted by Crippen LogP contribution is 2.12. The summed E-state index contributed by atoms with van der Waals surface area (Å²) in [6.45, 7) is 6.49. The molecule has 0 fully saturated rings. The van der Waals surface area contributed by atoms with Crippen molar-refractivity contribution in [1.82, 2.24) is 4.90 Å². The van der Waals surface area contributed by atoms with Gasteiger partial charge in [-0.2, -0.15) is 0 Å². The molecule has 0 atom stereocenters. The van der Waals surface area contributed by atoms with Gasteiger partial charge in [-0.25, -0.2) is 0 Å². The predicted octanol–water partition coefficient (Wildman–Crippen LogP) is 1.96. The molecule has 0 saturated heterocycles. The standard InChI is InChI=1S/C15H24N2O2/c1-3-17(10-5-9-16)15(18)8-11-19-14-7-4-6-13(2)12-14/h4,6-7,12H,3,5,8-11,16H2,1-2H3. The molecule has 1 rings (SSSR count). The van der Waals surface area contributed by atoms with E-state index in [9.17, 15) is 4.79 Å². The molecule has 0 unspecified atom stereocenters. The molecule has 0 saturated carbocycles. The number of ether oxygens (including phenoxy) is 1. The summed E-state index contributed by atoms with van der Waals surface area (Å²) in [5, 5.41) is 0. The Hall–Kier alpha value is -1.55. The van der Waals surface area contributed by atoms with Gasteiger partial charge >= 0.3 is 0 Å². The van der Waals surface area contributed by atoms with Crippen molar-refractivity contribution in [1.29, 1.82) is 0 Å². The lowest BCUT2D eigenvalue weighted by atomic mass is 10.2. The van der Waals surface area contributed by atoms with Crippen LogP contribution in [0.4, 0.5) is 0 Å². The maximum atomic E-state index is 11.9. The Morgan fingerprint density at radius 1 is 1.42 bits per heavy atom. The van der Waals surface area contributed by atoms with Crippen LogP contribution in [0, 0.1) is 6.92 Å². The number of nitrogens with two attached hydrogens (primary N) is 1. The summed E-state index contributed by atoms with van der Waals surface area (Å²) in [4.78, 5) is 13.8. The smallest absolute Gasteiger partial charge is 0.225 e. The van der Waals surface area contributed by atoms with Crippen LogP contribution in [0.2, 0.25) is 0 Å². The maximum absolute atomic E-state index is 11.9. The number of rotatable bonds is 8. The molecular formula is C15H24N2O2. The average Bonchev–Trinajstić information content (AvgIpc) is 2.39. The predicted molar refractivity (Wildman–Crippen MR) is 77.2 cm³/mol. The first-order chi connectivity index (χ1) is 9.17. The molecule has 19 heavy (non-hydrogen) atoms. The molecule has 1 amide bonds. The number of carbonyl (C=O) groups is 1. The lowest BCUT2D eigenvalue weighted by Gasteiger charge is -2.20. The second-order valence-electron chi connectivity index (χ2n) is 4.53. The lowest BCUT2D eigenvalue weighted by Crippen LogP contribution is -2.33. The molecular weight excluding hydrogens is 240 g/mol. The first-order valence-corrected chi connectivity index (χ1v) is 6.84. The molecule has 1 aromatic carbocycles. The largest absolute Gasteiger partial charge is 0.493 e. The van der Waals surface area contributed by atoms with Crippen molar-refractivity contribution >= 4 is 5.91 Å². The zero-order valence-electron chi connectivity index (χ0n) is 11.9. The minimum Gasteiger partial charge on any atom is -0.493 e. The summed E-state index contributed by atoms with van der Waals surface area (Å²) in [5.74, 6) is 0.946. The molecule has 4 nitrogen and oxygen atoms in total. The van der Waals surface area contributed by atoms with Gasteiger partial charge in [0.1, 0.15) is 5.75 Å². The molecule has 2 N–H and O–H groups in total. The third kappa shape index (κ3) is 5.75. The highest BCUT2D eigenvalue weighted by Gasteiger charge is 2.10. The van der Waals surface area contributed by atoms with Gasteiger partial charge in [0.25, 0.3) is 0 Å². The second-order valence-corrected chi connectivity index (χ2v) is 4.53. The van der Waals surface area contributed by atoms with Crippen LogP contribution in [0.5, 0.6) is 5.75 Å². The van der Waals surface area contributed by atoms with Gasteiger partial charge in [0.2, 0.25) is 5.91 Å². The number of benzene rings is 1. The molecule has 0 aromatic heterocycles. The number of carbonyl (C=O) groups excluding carboxylic acids is 1. The Labute approximate surface area is 115 Å². The van der Waals surface area contributed by atoms with Crippen LogP contribution in [0.1, 0.15) is 25.3 Å². The van der Waals surface area contributed by atoms with Crippen LogP contribution in [0.15, 0.2) is 24.3 Å². The van der Waals surface area contributed by atoms with E-state index in [0.29, 0.717) is 19.6 Å². The van der Waals surface area contributed by atoms with Crippen LogP contribution in [0.25, 0.3) is 0 Å². The maximum Gasteiger partial charge on any atom is 0.225 e. The molecule has 0 bridgehead atoms. The summed E-state index contributed by atoms with van der Waals surface area (Å²) in [5.41, 5.74) is 6.61. The molecule has 0 aliphatic rings. The fraction of sp³-hybridized carbons (Fsp3) is 0.533. The van der Waals surface area contributed by atoms with Crippen molar-refractivity contribution in [2.75, 3.05) is 26.2 Å². The fourth-order valence-corrected chi connectivity index (χ4v) is 1.86. The van der Waals surface area contributed by atoms with Gasteiger partial charge < -0.3 is 15.4 Å². The number of aryl methyl sites for hydroxylation is 1. The first-order valence-electron chi connectivity index (χ1n) is 6.84. The van der Waals surface area contributed by atoms with E-state index in [1.165, 1.54) is 0 Å². The van der Waals surface area contributed by atoms with Crippen molar-refractivity contribution in [2.24, 2.45) is 5.73 Å². The fourth-order valence-electron chi connectivity index (χ4n) is 1.86. The van der Waals surface area contributed by atoms with Crippen molar-refractivity contribution in [2.45, 2.75) is 26.7 Å². The van der Waals surface area contributed by atoms with E-state index in [1.807, 2.05) is 43.0 Å². The Balaban J connectivity index is 2.33. The number of amides is 1. The van der Waals surface area contributed by atoms with Crippen LogP contribution in [-0.2, 0) is 4.79 Å². The van der Waals surface area contributed by atoms with Gasteiger partial charge in [0.05, 0.1) is 13.0 Å². The minimum absolute atomic E-state index is 0.128. The van der Waals surface area contributed by atoms with Gasteiger partial charge in [-0.1, -0.05) is 12.1 Å². The van der Waals surface area contributed by atoms with E-state index in [2.05, 4.69) is 0 Å². The summed E-state index contributed by atoms with van der Waals surface area (Å²) in [7, 11) is 0. The van der Waals surface area contributed by atoms with Gasteiger partial charge in [-0.05, 0) is 44.5 Å². The quantitative estimate of drug-likeness (QED) is 0.781. The van der Waals surface area contributed by atoms with Crippen LogP contribution in [0.3, 0.4) is 0 Å². The summed E-state index contributed by atoms with van der Waals surface area (Å²) in [6.07, 6.45) is 1.25. The Morgan fingerprint density at radius 3 is 2.84 bits per heavy atom. The number of hydrogen-bond donors (Lipinski definition) is 1. The van der Waals surface area contributed by atoms with Crippen molar-refractivity contribution in [3.8, 4) is 5.75 Å². The van der Waals surface area contributed by atoms with Gasteiger partial charge in [0, 0.05) is 13.1 Å². The van der Waals surface area contributed by atoms with E-state index < -0.39 is 0 Å². The summed E-state index contributed by atoms with van der Waals surface area (Å²) < 4.78 is 5.58. The molecule has 0 aliphatic heterocycles. The molecule has 0 radical (unpaired) electrons. The zero-order chi connectivity index (χ0) is 14.1. The van der Waals surface area contributed by atoms with Crippen LogP contribution >= 0.6 is 0 Å². The topological polar surface area (TPSA) is 55.6 Å². The van der Waals surface area contributed by atoms with Gasteiger partial charge in [0.15, 0.2) is 0 Å². The number of nitrogens with zero attached hydrogens (tertiary/aromatic N) is 1.